The molecule has 2 aromatic rings. The van der Waals surface area contributed by atoms with E-state index in [1.807, 2.05) is 6.07 Å². The molecule has 116 valence electrons. The number of esters is 2. The lowest BCUT2D eigenvalue weighted by Crippen LogP contribution is -2.22. The molecule has 7 heteroatoms. The Morgan fingerprint density at radius 3 is 2.41 bits per heavy atom. The maximum absolute atomic E-state index is 12.1. The van der Waals surface area contributed by atoms with Crippen LogP contribution < -0.4 is 5.73 Å². The SMILES string of the molecule is CCOC(=O)C(C(=O)OCC)=C(N)c1cccc2[nH]ncc12. The van der Waals surface area contributed by atoms with Crippen molar-refractivity contribution >= 4 is 28.5 Å². The second-order valence-corrected chi connectivity index (χ2v) is 4.37. The van der Waals surface area contributed by atoms with Crippen LogP contribution in [0.2, 0.25) is 0 Å². The zero-order chi connectivity index (χ0) is 16.1. The van der Waals surface area contributed by atoms with Gasteiger partial charge in [0.05, 0.1) is 30.6 Å². The number of carbonyl (C=O) groups is 2. The number of hydrogen-bond donors (Lipinski definition) is 2. The van der Waals surface area contributed by atoms with Crippen molar-refractivity contribution in [1.82, 2.24) is 10.2 Å². The van der Waals surface area contributed by atoms with E-state index < -0.39 is 11.9 Å². The number of hydrogen-bond acceptors (Lipinski definition) is 6. The number of aromatic amines is 1. The van der Waals surface area contributed by atoms with Crippen LogP contribution in [0.25, 0.3) is 16.6 Å². The van der Waals surface area contributed by atoms with Gasteiger partial charge < -0.3 is 15.2 Å². The normalized spacial score (nSPS) is 10.3. The molecule has 1 aromatic heterocycles. The molecule has 1 heterocycles. The fourth-order valence-electron chi connectivity index (χ4n) is 2.05. The first kappa shape index (κ1) is 15.6. The first-order chi connectivity index (χ1) is 10.6. The number of nitrogens with two attached hydrogens (primary N) is 1. The van der Waals surface area contributed by atoms with Crippen LogP contribution in [0.15, 0.2) is 30.0 Å². The van der Waals surface area contributed by atoms with Gasteiger partial charge in [0.1, 0.15) is 0 Å². The molecule has 22 heavy (non-hydrogen) atoms. The van der Waals surface area contributed by atoms with Crippen molar-refractivity contribution < 1.29 is 19.1 Å². The molecule has 0 saturated heterocycles. The first-order valence-electron chi connectivity index (χ1n) is 6.86. The summed E-state index contributed by atoms with van der Waals surface area (Å²) in [6.45, 7) is 3.55. The molecule has 0 atom stereocenters. The van der Waals surface area contributed by atoms with Gasteiger partial charge in [-0.05, 0) is 19.9 Å². The van der Waals surface area contributed by atoms with Crippen molar-refractivity contribution in [3.63, 3.8) is 0 Å². The molecule has 0 saturated carbocycles. The number of benzene rings is 1. The summed E-state index contributed by atoms with van der Waals surface area (Å²) in [5.41, 5.74) is 7.02. The summed E-state index contributed by atoms with van der Waals surface area (Å²) in [6, 6.07) is 5.26. The number of ether oxygens (including phenoxy) is 2. The Morgan fingerprint density at radius 2 is 1.82 bits per heavy atom. The number of aromatic nitrogens is 2. The number of rotatable bonds is 5. The van der Waals surface area contributed by atoms with E-state index in [1.54, 1.807) is 32.2 Å². The van der Waals surface area contributed by atoms with Crippen LogP contribution in [0.3, 0.4) is 0 Å². The summed E-state index contributed by atoms with van der Waals surface area (Å²) in [5.74, 6) is -1.61. The number of nitrogens with one attached hydrogen (secondary N) is 1. The molecule has 0 fully saturated rings. The average molecular weight is 303 g/mol. The molecule has 0 bridgehead atoms. The minimum Gasteiger partial charge on any atom is -0.462 e. The summed E-state index contributed by atoms with van der Waals surface area (Å²) in [4.78, 5) is 24.1. The largest absolute Gasteiger partial charge is 0.462 e. The standard InChI is InChI=1S/C15H17N3O4/c1-3-21-14(19)12(15(20)22-4-2)13(16)9-6-5-7-11-10(9)8-17-18-11/h5-8H,3-4,16H2,1-2H3,(H,17,18). The molecular weight excluding hydrogens is 286 g/mol. The fraction of sp³-hybridized carbons (Fsp3) is 0.267. The number of H-pyrrole nitrogens is 1. The van der Waals surface area contributed by atoms with Crippen LogP contribution in [-0.4, -0.2) is 35.3 Å². The molecule has 2 rings (SSSR count). The van der Waals surface area contributed by atoms with Gasteiger partial charge in [-0.2, -0.15) is 5.10 Å². The lowest BCUT2D eigenvalue weighted by atomic mass is 10.0. The van der Waals surface area contributed by atoms with Crippen LogP contribution in [0.1, 0.15) is 19.4 Å². The van der Waals surface area contributed by atoms with Gasteiger partial charge in [0.15, 0.2) is 5.57 Å². The van der Waals surface area contributed by atoms with Crippen LogP contribution in [-0.2, 0) is 19.1 Å². The van der Waals surface area contributed by atoms with Gasteiger partial charge in [-0.15, -0.1) is 0 Å². The fourth-order valence-corrected chi connectivity index (χ4v) is 2.05. The van der Waals surface area contributed by atoms with Gasteiger partial charge in [-0.25, -0.2) is 9.59 Å². The average Bonchev–Trinajstić information content (AvgIpc) is 2.96. The summed E-state index contributed by atoms with van der Waals surface area (Å²) in [5, 5.41) is 7.43. The first-order valence-corrected chi connectivity index (χ1v) is 6.86. The predicted molar refractivity (Wildman–Crippen MR) is 80.5 cm³/mol. The lowest BCUT2D eigenvalue weighted by Gasteiger charge is -2.11. The Kier molecular flexibility index (Phi) is 4.77. The molecule has 3 N–H and O–H groups in total. The van der Waals surface area contributed by atoms with Crippen LogP contribution in [0.4, 0.5) is 0 Å². The third kappa shape index (κ3) is 2.93. The molecule has 0 unspecified atom stereocenters. The van der Waals surface area contributed by atoms with Crippen molar-refractivity contribution in [2.24, 2.45) is 5.73 Å². The van der Waals surface area contributed by atoms with E-state index >= 15 is 0 Å². The topological polar surface area (TPSA) is 107 Å². The minimum absolute atomic E-state index is 0.00361. The van der Waals surface area contributed by atoms with Crippen molar-refractivity contribution in [1.29, 1.82) is 0 Å². The Bertz CT molecular complexity index is 713. The summed E-state index contributed by atoms with van der Waals surface area (Å²) in [6.07, 6.45) is 1.57. The molecule has 0 aliphatic heterocycles. The Labute approximate surface area is 127 Å². The highest BCUT2D eigenvalue weighted by molar-refractivity contribution is 6.20. The van der Waals surface area contributed by atoms with Crippen molar-refractivity contribution in [2.75, 3.05) is 13.2 Å². The van der Waals surface area contributed by atoms with E-state index in [2.05, 4.69) is 10.2 Å². The van der Waals surface area contributed by atoms with E-state index in [9.17, 15) is 9.59 Å². The molecule has 0 aliphatic rings. The van der Waals surface area contributed by atoms with Crippen LogP contribution >= 0.6 is 0 Å². The summed E-state index contributed by atoms with van der Waals surface area (Å²) in [7, 11) is 0. The van der Waals surface area contributed by atoms with Gasteiger partial charge in [0.25, 0.3) is 0 Å². The Morgan fingerprint density at radius 1 is 1.18 bits per heavy atom. The van der Waals surface area contributed by atoms with Crippen molar-refractivity contribution in [3.05, 3.63) is 35.5 Å². The van der Waals surface area contributed by atoms with E-state index in [0.29, 0.717) is 10.9 Å². The Balaban J connectivity index is 2.59. The zero-order valence-electron chi connectivity index (χ0n) is 12.4. The van der Waals surface area contributed by atoms with E-state index in [-0.39, 0.29) is 24.5 Å². The molecule has 0 amide bonds. The van der Waals surface area contributed by atoms with E-state index in [1.165, 1.54) is 0 Å². The molecule has 1 aromatic carbocycles. The quantitative estimate of drug-likeness (QED) is 0.374. The monoisotopic (exact) mass is 303 g/mol. The second kappa shape index (κ2) is 6.75. The van der Waals surface area contributed by atoms with Crippen molar-refractivity contribution in [2.45, 2.75) is 13.8 Å². The van der Waals surface area contributed by atoms with Crippen molar-refractivity contribution in [3.8, 4) is 0 Å². The highest BCUT2D eigenvalue weighted by atomic mass is 16.6. The number of nitrogens with zero attached hydrogens (tertiary/aromatic N) is 1. The van der Waals surface area contributed by atoms with E-state index in [0.717, 1.165) is 5.52 Å². The summed E-state index contributed by atoms with van der Waals surface area (Å²) >= 11 is 0. The summed E-state index contributed by atoms with van der Waals surface area (Å²) < 4.78 is 9.81. The van der Waals surface area contributed by atoms with Gasteiger partial charge in [0, 0.05) is 10.9 Å². The highest BCUT2D eigenvalue weighted by Gasteiger charge is 2.26. The molecule has 0 aliphatic carbocycles. The highest BCUT2D eigenvalue weighted by Crippen LogP contribution is 2.24. The predicted octanol–water partition coefficient (Wildman–Crippen LogP) is 1.36. The molecule has 0 radical (unpaired) electrons. The number of carbonyl (C=O) groups excluding carboxylic acids is 2. The van der Waals surface area contributed by atoms with Gasteiger partial charge in [0.2, 0.25) is 0 Å². The minimum atomic E-state index is -0.807. The van der Waals surface area contributed by atoms with Gasteiger partial charge >= 0.3 is 11.9 Å². The molecular formula is C15H17N3O4. The number of fused-ring (bicyclic) bond motifs is 1. The smallest absolute Gasteiger partial charge is 0.347 e. The van der Waals surface area contributed by atoms with Gasteiger partial charge in [-0.1, -0.05) is 12.1 Å². The second-order valence-electron chi connectivity index (χ2n) is 4.37. The third-order valence-corrected chi connectivity index (χ3v) is 3.00. The van der Waals surface area contributed by atoms with Crippen LogP contribution in [0.5, 0.6) is 0 Å². The zero-order valence-corrected chi connectivity index (χ0v) is 12.4. The Hall–Kier alpha value is -2.83. The maximum atomic E-state index is 12.1. The molecule has 7 nitrogen and oxygen atoms in total. The van der Waals surface area contributed by atoms with Gasteiger partial charge in [-0.3, -0.25) is 5.10 Å². The van der Waals surface area contributed by atoms with E-state index in [4.69, 9.17) is 15.2 Å². The molecule has 0 spiro atoms. The van der Waals surface area contributed by atoms with Crippen LogP contribution in [0, 0.1) is 0 Å². The maximum Gasteiger partial charge on any atom is 0.347 e. The third-order valence-electron chi connectivity index (χ3n) is 3.00. The lowest BCUT2D eigenvalue weighted by molar-refractivity contribution is -0.146.